The molecule has 202 valence electrons. The molecule has 2 aliphatic heterocycles. The first-order valence-electron chi connectivity index (χ1n) is 12.8. The van der Waals surface area contributed by atoms with Gasteiger partial charge in [0.05, 0.1) is 17.5 Å². The number of halogens is 3. The third kappa shape index (κ3) is 4.65. The fraction of sp³-hybridized carbons (Fsp3) is 0.333. The van der Waals surface area contributed by atoms with E-state index in [1.807, 2.05) is 12.1 Å². The van der Waals surface area contributed by atoms with E-state index in [0.29, 0.717) is 55.7 Å². The van der Waals surface area contributed by atoms with Crippen molar-refractivity contribution in [3.63, 3.8) is 0 Å². The second-order valence-electron chi connectivity index (χ2n) is 10.0. The molecule has 4 heterocycles. The standard InChI is InChI=1S/C27H27F3N8O/c1-16(2)36-7-9-37(10-8-36)22-6-4-19(12-21(22)27(28,29)30)35-24-25-33-15-34-38(25)23(14-31-24)17-3-5-20-18(11-17)13-32-26(20)39/h3-6,11-12,14-16H,7-10,13H2,1-2H3,(H,31,35)(H,32,39). The molecule has 0 spiro atoms. The Balaban J connectivity index is 1.30. The van der Waals surface area contributed by atoms with Crippen LogP contribution in [0.1, 0.15) is 35.3 Å². The summed E-state index contributed by atoms with van der Waals surface area (Å²) in [5, 5.41) is 10.1. The zero-order valence-electron chi connectivity index (χ0n) is 21.5. The summed E-state index contributed by atoms with van der Waals surface area (Å²) >= 11 is 0. The van der Waals surface area contributed by atoms with Gasteiger partial charge in [-0.2, -0.15) is 18.3 Å². The summed E-state index contributed by atoms with van der Waals surface area (Å²) in [5.74, 6) is 0.169. The van der Waals surface area contributed by atoms with Crippen molar-refractivity contribution in [3.8, 4) is 11.3 Å². The first kappa shape index (κ1) is 25.1. The number of hydrogen-bond donors (Lipinski definition) is 2. The second-order valence-corrected chi connectivity index (χ2v) is 10.0. The second kappa shape index (κ2) is 9.53. The predicted molar refractivity (Wildman–Crippen MR) is 141 cm³/mol. The Morgan fingerprint density at radius 2 is 1.82 bits per heavy atom. The van der Waals surface area contributed by atoms with Crippen LogP contribution in [0.4, 0.5) is 30.4 Å². The van der Waals surface area contributed by atoms with Crippen molar-refractivity contribution >= 4 is 28.7 Å². The van der Waals surface area contributed by atoms with E-state index in [1.54, 1.807) is 27.7 Å². The fourth-order valence-corrected chi connectivity index (χ4v) is 5.23. The molecule has 0 bridgehead atoms. The van der Waals surface area contributed by atoms with Crippen molar-refractivity contribution < 1.29 is 18.0 Å². The van der Waals surface area contributed by atoms with Gasteiger partial charge >= 0.3 is 6.18 Å². The molecule has 39 heavy (non-hydrogen) atoms. The lowest BCUT2D eigenvalue weighted by molar-refractivity contribution is -0.137. The van der Waals surface area contributed by atoms with Crippen LogP contribution < -0.4 is 15.5 Å². The van der Waals surface area contributed by atoms with Gasteiger partial charge in [0.2, 0.25) is 0 Å². The van der Waals surface area contributed by atoms with Crippen molar-refractivity contribution in [2.75, 3.05) is 36.4 Å². The van der Waals surface area contributed by atoms with Gasteiger partial charge in [-0.05, 0) is 49.7 Å². The number of nitrogens with zero attached hydrogens (tertiary/aromatic N) is 6. The maximum Gasteiger partial charge on any atom is 0.418 e. The molecular formula is C27H27F3N8O. The summed E-state index contributed by atoms with van der Waals surface area (Å²) in [5.41, 5.74) is 3.04. The van der Waals surface area contributed by atoms with Crippen LogP contribution in [-0.4, -0.2) is 62.6 Å². The molecule has 0 atom stereocenters. The Morgan fingerprint density at radius 3 is 2.56 bits per heavy atom. The highest BCUT2D eigenvalue weighted by Crippen LogP contribution is 2.39. The number of benzene rings is 2. The van der Waals surface area contributed by atoms with Crippen LogP contribution in [0.25, 0.3) is 16.9 Å². The number of nitrogens with one attached hydrogen (secondary N) is 2. The molecule has 0 unspecified atom stereocenters. The molecule has 0 aliphatic carbocycles. The third-order valence-corrected chi connectivity index (χ3v) is 7.34. The molecular weight excluding hydrogens is 509 g/mol. The van der Waals surface area contributed by atoms with E-state index < -0.39 is 11.7 Å². The maximum atomic E-state index is 14.2. The number of aromatic nitrogens is 4. The monoisotopic (exact) mass is 536 g/mol. The summed E-state index contributed by atoms with van der Waals surface area (Å²) < 4.78 is 44.1. The Kier molecular flexibility index (Phi) is 6.13. The molecule has 2 aromatic heterocycles. The van der Waals surface area contributed by atoms with Crippen LogP contribution in [0.15, 0.2) is 48.9 Å². The fourth-order valence-electron chi connectivity index (χ4n) is 5.23. The maximum absolute atomic E-state index is 14.2. The van der Waals surface area contributed by atoms with Crippen molar-refractivity contribution in [2.24, 2.45) is 0 Å². The van der Waals surface area contributed by atoms with Crippen LogP contribution in [0.2, 0.25) is 0 Å². The van der Waals surface area contributed by atoms with Gasteiger partial charge in [0.15, 0.2) is 11.5 Å². The SMILES string of the molecule is CC(C)N1CCN(c2ccc(Nc3ncc(-c4ccc5c(c4)CNC5=O)n4ncnc34)cc2C(F)(F)F)CC1. The summed E-state index contributed by atoms with van der Waals surface area (Å²) in [6, 6.07) is 10.1. The molecule has 6 rings (SSSR count). The van der Waals surface area contributed by atoms with Gasteiger partial charge in [0.25, 0.3) is 5.91 Å². The minimum absolute atomic E-state index is 0.109. The number of amides is 1. The van der Waals surface area contributed by atoms with Crippen LogP contribution in [0.3, 0.4) is 0 Å². The number of carbonyl (C=O) groups excluding carboxylic acids is 1. The normalized spacial score (nSPS) is 16.2. The van der Waals surface area contributed by atoms with Gasteiger partial charge in [-0.15, -0.1) is 0 Å². The van der Waals surface area contributed by atoms with Gasteiger partial charge < -0.3 is 15.5 Å². The van der Waals surface area contributed by atoms with Gasteiger partial charge in [0.1, 0.15) is 6.33 Å². The Hall–Kier alpha value is -4.19. The summed E-state index contributed by atoms with van der Waals surface area (Å²) in [6.45, 7) is 7.13. The van der Waals surface area contributed by atoms with E-state index >= 15 is 0 Å². The molecule has 2 aliphatic rings. The molecule has 2 aromatic carbocycles. The smallest absolute Gasteiger partial charge is 0.368 e. The van der Waals surface area contributed by atoms with E-state index in [0.717, 1.165) is 17.2 Å². The number of piperazine rings is 1. The number of fused-ring (bicyclic) bond motifs is 2. The van der Waals surface area contributed by atoms with E-state index in [-0.39, 0.29) is 23.1 Å². The number of anilines is 3. The van der Waals surface area contributed by atoms with Crippen LogP contribution >= 0.6 is 0 Å². The lowest BCUT2D eigenvalue weighted by atomic mass is 10.0. The molecule has 1 fully saturated rings. The average molecular weight is 537 g/mol. The lowest BCUT2D eigenvalue weighted by Gasteiger charge is -2.39. The zero-order chi connectivity index (χ0) is 27.3. The Bertz CT molecular complexity index is 1560. The molecule has 0 saturated carbocycles. The highest BCUT2D eigenvalue weighted by atomic mass is 19.4. The minimum Gasteiger partial charge on any atom is -0.368 e. The minimum atomic E-state index is -4.52. The van der Waals surface area contributed by atoms with E-state index in [1.165, 1.54) is 12.4 Å². The van der Waals surface area contributed by atoms with E-state index in [9.17, 15) is 18.0 Å². The molecule has 4 aromatic rings. The summed E-state index contributed by atoms with van der Waals surface area (Å²) in [4.78, 5) is 24.7. The van der Waals surface area contributed by atoms with Gasteiger partial charge in [-0.1, -0.05) is 6.07 Å². The third-order valence-electron chi connectivity index (χ3n) is 7.34. The van der Waals surface area contributed by atoms with E-state index in [2.05, 4.69) is 44.4 Å². The highest BCUT2D eigenvalue weighted by Gasteiger charge is 2.36. The number of hydrogen-bond acceptors (Lipinski definition) is 7. The molecule has 2 N–H and O–H groups in total. The van der Waals surface area contributed by atoms with E-state index in [4.69, 9.17) is 0 Å². The largest absolute Gasteiger partial charge is 0.418 e. The lowest BCUT2D eigenvalue weighted by Crippen LogP contribution is -2.49. The van der Waals surface area contributed by atoms with Gasteiger partial charge in [0, 0.05) is 61.3 Å². The van der Waals surface area contributed by atoms with Crippen molar-refractivity contribution in [2.45, 2.75) is 32.6 Å². The molecule has 0 radical (unpaired) electrons. The number of alkyl halides is 3. The molecule has 1 amide bonds. The number of carbonyl (C=O) groups is 1. The van der Waals surface area contributed by atoms with Crippen LogP contribution in [0, 0.1) is 0 Å². The average Bonchev–Trinajstić information content (AvgIpc) is 3.56. The topological polar surface area (TPSA) is 90.7 Å². The molecule has 1 saturated heterocycles. The molecule has 9 nitrogen and oxygen atoms in total. The van der Waals surface area contributed by atoms with Crippen LogP contribution in [-0.2, 0) is 12.7 Å². The quantitative estimate of drug-likeness (QED) is 0.393. The Labute approximate surface area is 222 Å². The van der Waals surface area contributed by atoms with Gasteiger partial charge in [-0.3, -0.25) is 9.69 Å². The number of rotatable bonds is 5. The first-order chi connectivity index (χ1) is 18.7. The predicted octanol–water partition coefficient (Wildman–Crippen LogP) is 4.33. The first-order valence-corrected chi connectivity index (χ1v) is 12.8. The zero-order valence-corrected chi connectivity index (χ0v) is 21.5. The van der Waals surface area contributed by atoms with Crippen molar-refractivity contribution in [3.05, 3.63) is 65.6 Å². The highest BCUT2D eigenvalue weighted by molar-refractivity contribution is 5.98. The Morgan fingerprint density at radius 1 is 1.03 bits per heavy atom. The molecule has 12 heteroatoms. The summed E-state index contributed by atoms with van der Waals surface area (Å²) in [7, 11) is 0. The van der Waals surface area contributed by atoms with Crippen LogP contribution in [0.5, 0.6) is 0 Å². The van der Waals surface area contributed by atoms with Crippen molar-refractivity contribution in [1.82, 2.24) is 29.8 Å². The summed E-state index contributed by atoms with van der Waals surface area (Å²) in [6.07, 6.45) is -1.57. The van der Waals surface area contributed by atoms with Crippen molar-refractivity contribution in [1.29, 1.82) is 0 Å². The van der Waals surface area contributed by atoms with Gasteiger partial charge in [-0.25, -0.2) is 14.5 Å².